The highest BCUT2D eigenvalue weighted by atomic mass is 32.1. The van der Waals surface area contributed by atoms with Gasteiger partial charge in [0.05, 0.1) is 5.41 Å². The van der Waals surface area contributed by atoms with Crippen LogP contribution in [0.3, 0.4) is 0 Å². The summed E-state index contributed by atoms with van der Waals surface area (Å²) in [7, 11) is 0. The molecule has 1 aliphatic heterocycles. The number of nitrogens with zero attached hydrogens (tertiary/aromatic N) is 2. The first-order valence-electron chi connectivity index (χ1n) is 5.56. The van der Waals surface area contributed by atoms with E-state index in [1.54, 1.807) is 0 Å². The van der Waals surface area contributed by atoms with Gasteiger partial charge in [-0.2, -0.15) is 0 Å². The van der Waals surface area contributed by atoms with E-state index < -0.39 is 5.41 Å². The van der Waals surface area contributed by atoms with Crippen molar-refractivity contribution in [3.8, 4) is 0 Å². The number of nitrogens with two attached hydrogens (primary N) is 1. The number of ether oxygens (including phenoxy) is 1. The maximum atomic E-state index is 12.2. The highest BCUT2D eigenvalue weighted by Gasteiger charge is 2.39. The number of rotatable bonds is 3. The molecule has 17 heavy (non-hydrogen) atoms. The Bertz CT molecular complexity index is 401. The largest absolute Gasteiger partial charge is 0.381 e. The number of hydrogen-bond donors (Lipinski definition) is 2. The van der Waals surface area contributed by atoms with E-state index in [2.05, 4.69) is 15.5 Å². The van der Waals surface area contributed by atoms with Crippen molar-refractivity contribution in [2.24, 2.45) is 11.1 Å². The molecule has 7 heteroatoms. The number of hydrogen-bond acceptors (Lipinski definition) is 6. The molecular formula is C10H16N4O2S. The second-order valence-electron chi connectivity index (χ2n) is 4.18. The van der Waals surface area contributed by atoms with Gasteiger partial charge in [0, 0.05) is 19.8 Å². The Labute approximate surface area is 104 Å². The fraction of sp³-hybridized carbons (Fsp3) is 0.700. The van der Waals surface area contributed by atoms with Gasteiger partial charge in [0.25, 0.3) is 0 Å². The van der Waals surface area contributed by atoms with Crippen LogP contribution in [0.1, 0.15) is 17.8 Å². The van der Waals surface area contributed by atoms with Crippen LogP contribution in [0.2, 0.25) is 0 Å². The van der Waals surface area contributed by atoms with Crippen LogP contribution >= 0.6 is 11.3 Å². The zero-order valence-corrected chi connectivity index (χ0v) is 10.5. The van der Waals surface area contributed by atoms with Gasteiger partial charge in [0.15, 0.2) is 0 Å². The highest BCUT2D eigenvalue weighted by molar-refractivity contribution is 7.15. The Kier molecular flexibility index (Phi) is 3.70. The molecule has 1 aliphatic rings. The number of amides is 1. The maximum absolute atomic E-state index is 12.2. The monoisotopic (exact) mass is 256 g/mol. The third-order valence-electron chi connectivity index (χ3n) is 3.07. The lowest BCUT2D eigenvalue weighted by molar-refractivity contribution is -0.130. The molecule has 94 valence electrons. The smallest absolute Gasteiger partial charge is 0.233 e. The number of aromatic nitrogens is 2. The molecular weight excluding hydrogens is 240 g/mol. The molecule has 1 saturated heterocycles. The predicted molar refractivity (Wildman–Crippen MR) is 64.8 cm³/mol. The Morgan fingerprint density at radius 2 is 2.24 bits per heavy atom. The van der Waals surface area contributed by atoms with Gasteiger partial charge >= 0.3 is 0 Å². The van der Waals surface area contributed by atoms with Crippen molar-refractivity contribution in [1.82, 2.24) is 10.2 Å². The van der Waals surface area contributed by atoms with Crippen molar-refractivity contribution in [3.63, 3.8) is 0 Å². The van der Waals surface area contributed by atoms with Crippen LogP contribution in [-0.2, 0) is 9.53 Å². The van der Waals surface area contributed by atoms with Crippen molar-refractivity contribution >= 4 is 22.4 Å². The SMILES string of the molecule is Cc1nnc(NC(=O)C2(CN)CCOCC2)s1. The van der Waals surface area contributed by atoms with E-state index in [-0.39, 0.29) is 5.91 Å². The van der Waals surface area contributed by atoms with E-state index in [0.717, 1.165) is 5.01 Å². The molecule has 0 unspecified atom stereocenters. The summed E-state index contributed by atoms with van der Waals surface area (Å²) in [6, 6.07) is 0. The van der Waals surface area contributed by atoms with Crippen molar-refractivity contribution in [2.45, 2.75) is 19.8 Å². The van der Waals surface area contributed by atoms with Crippen LogP contribution in [0.4, 0.5) is 5.13 Å². The minimum Gasteiger partial charge on any atom is -0.381 e. The molecule has 0 aromatic carbocycles. The molecule has 0 atom stereocenters. The molecule has 1 amide bonds. The standard InChI is InChI=1S/C10H16N4O2S/c1-7-13-14-9(17-7)12-8(15)10(6-11)2-4-16-5-3-10/h2-6,11H2,1H3,(H,12,14,15). The van der Waals surface area contributed by atoms with Gasteiger partial charge < -0.3 is 10.5 Å². The lowest BCUT2D eigenvalue weighted by Gasteiger charge is -2.34. The van der Waals surface area contributed by atoms with E-state index in [0.29, 0.717) is 37.7 Å². The van der Waals surface area contributed by atoms with Crippen molar-refractivity contribution in [2.75, 3.05) is 25.1 Å². The van der Waals surface area contributed by atoms with Gasteiger partial charge in [-0.25, -0.2) is 0 Å². The Balaban J connectivity index is 2.07. The average molecular weight is 256 g/mol. The second-order valence-corrected chi connectivity index (χ2v) is 5.36. The van der Waals surface area contributed by atoms with E-state index in [4.69, 9.17) is 10.5 Å². The predicted octanol–water partition coefficient (Wildman–Crippen LogP) is 0.541. The van der Waals surface area contributed by atoms with Crippen LogP contribution in [0.25, 0.3) is 0 Å². The van der Waals surface area contributed by atoms with Crippen molar-refractivity contribution in [1.29, 1.82) is 0 Å². The summed E-state index contributed by atoms with van der Waals surface area (Å²) in [6.07, 6.45) is 1.32. The Morgan fingerprint density at radius 3 is 2.76 bits per heavy atom. The molecule has 3 N–H and O–H groups in total. The minimum absolute atomic E-state index is 0.0700. The fourth-order valence-corrected chi connectivity index (χ4v) is 2.45. The van der Waals surface area contributed by atoms with Gasteiger partial charge in [-0.3, -0.25) is 10.1 Å². The number of aryl methyl sites for hydroxylation is 1. The van der Waals surface area contributed by atoms with Gasteiger partial charge in [-0.05, 0) is 19.8 Å². The summed E-state index contributed by atoms with van der Waals surface area (Å²) in [5, 5.41) is 11.9. The summed E-state index contributed by atoms with van der Waals surface area (Å²) in [4.78, 5) is 12.2. The normalized spacial score (nSPS) is 18.9. The molecule has 1 aromatic heterocycles. The average Bonchev–Trinajstić information content (AvgIpc) is 2.75. The summed E-state index contributed by atoms with van der Waals surface area (Å²) >= 11 is 1.36. The number of carbonyl (C=O) groups is 1. The lowest BCUT2D eigenvalue weighted by atomic mass is 9.79. The van der Waals surface area contributed by atoms with Crippen molar-refractivity contribution < 1.29 is 9.53 Å². The first-order valence-corrected chi connectivity index (χ1v) is 6.37. The van der Waals surface area contributed by atoms with Crippen LogP contribution in [0.15, 0.2) is 0 Å². The van der Waals surface area contributed by atoms with E-state index in [9.17, 15) is 4.79 Å². The molecule has 0 aliphatic carbocycles. The molecule has 1 fully saturated rings. The van der Waals surface area contributed by atoms with E-state index >= 15 is 0 Å². The molecule has 0 radical (unpaired) electrons. The van der Waals surface area contributed by atoms with E-state index in [1.807, 2.05) is 6.92 Å². The van der Waals surface area contributed by atoms with Gasteiger partial charge in [0.1, 0.15) is 5.01 Å². The van der Waals surface area contributed by atoms with Crippen LogP contribution in [-0.4, -0.2) is 35.9 Å². The number of carbonyl (C=O) groups excluding carboxylic acids is 1. The van der Waals surface area contributed by atoms with Crippen LogP contribution < -0.4 is 11.1 Å². The van der Waals surface area contributed by atoms with Gasteiger partial charge in [-0.15, -0.1) is 10.2 Å². The van der Waals surface area contributed by atoms with E-state index in [1.165, 1.54) is 11.3 Å². The lowest BCUT2D eigenvalue weighted by Crippen LogP contribution is -2.46. The number of anilines is 1. The first-order chi connectivity index (χ1) is 8.16. The third kappa shape index (κ3) is 2.62. The summed E-state index contributed by atoms with van der Waals surface area (Å²) in [5.74, 6) is -0.0700. The molecule has 2 rings (SSSR count). The summed E-state index contributed by atoms with van der Waals surface area (Å²) in [6.45, 7) is 3.35. The molecule has 0 spiro atoms. The molecule has 6 nitrogen and oxygen atoms in total. The summed E-state index contributed by atoms with van der Waals surface area (Å²) < 4.78 is 5.27. The number of nitrogens with one attached hydrogen (secondary N) is 1. The minimum atomic E-state index is -0.516. The van der Waals surface area contributed by atoms with Crippen molar-refractivity contribution in [3.05, 3.63) is 5.01 Å². The second kappa shape index (κ2) is 5.07. The van der Waals surface area contributed by atoms with Crippen LogP contribution in [0, 0.1) is 12.3 Å². The fourth-order valence-electron chi connectivity index (χ4n) is 1.86. The molecule has 0 saturated carbocycles. The Hall–Kier alpha value is -1.05. The molecule has 2 heterocycles. The Morgan fingerprint density at radius 1 is 1.53 bits per heavy atom. The molecule has 0 bridgehead atoms. The topological polar surface area (TPSA) is 90.1 Å². The highest BCUT2D eigenvalue weighted by Crippen LogP contribution is 2.31. The maximum Gasteiger partial charge on any atom is 0.233 e. The molecule has 1 aromatic rings. The van der Waals surface area contributed by atoms with Gasteiger partial charge in [-0.1, -0.05) is 11.3 Å². The van der Waals surface area contributed by atoms with Gasteiger partial charge in [0.2, 0.25) is 11.0 Å². The third-order valence-corrected chi connectivity index (χ3v) is 3.82. The quantitative estimate of drug-likeness (QED) is 0.823. The van der Waals surface area contributed by atoms with Crippen LogP contribution in [0.5, 0.6) is 0 Å². The first kappa shape index (κ1) is 12.4. The zero-order chi connectivity index (χ0) is 12.3. The summed E-state index contributed by atoms with van der Waals surface area (Å²) in [5.41, 5.74) is 5.23. The zero-order valence-electron chi connectivity index (χ0n) is 9.73.